The molecule has 0 unspecified atom stereocenters. The van der Waals surface area contributed by atoms with Crippen molar-refractivity contribution in [2.45, 2.75) is 6.54 Å². The van der Waals surface area contributed by atoms with Gasteiger partial charge in [-0.25, -0.2) is 0 Å². The number of hydrogen-bond donors (Lipinski definition) is 3. The summed E-state index contributed by atoms with van der Waals surface area (Å²) in [7, 11) is 1.62. The lowest BCUT2D eigenvalue weighted by molar-refractivity contribution is 0.414. The molecule has 0 atom stereocenters. The van der Waals surface area contributed by atoms with Crippen molar-refractivity contribution in [3.05, 3.63) is 68.7 Å². The van der Waals surface area contributed by atoms with Crippen molar-refractivity contribution < 1.29 is 4.74 Å². The van der Waals surface area contributed by atoms with Crippen molar-refractivity contribution in [3.63, 3.8) is 0 Å². The van der Waals surface area contributed by atoms with Gasteiger partial charge in [0.25, 0.3) is 11.1 Å². The summed E-state index contributed by atoms with van der Waals surface area (Å²) in [6, 6.07) is 12.8. The Hall–Kier alpha value is -3.02. The van der Waals surface area contributed by atoms with Crippen molar-refractivity contribution in [2.75, 3.05) is 12.4 Å². The first-order valence-corrected chi connectivity index (χ1v) is 6.79. The van der Waals surface area contributed by atoms with Crippen LogP contribution in [0.5, 0.6) is 5.75 Å². The van der Waals surface area contributed by atoms with E-state index in [0.29, 0.717) is 23.0 Å². The molecule has 1 heterocycles. The minimum Gasteiger partial charge on any atom is -0.497 e. The van der Waals surface area contributed by atoms with Gasteiger partial charge in [0.15, 0.2) is 0 Å². The van der Waals surface area contributed by atoms with Gasteiger partial charge >= 0.3 is 0 Å². The number of methoxy groups -OCH3 is 1. The van der Waals surface area contributed by atoms with Crippen molar-refractivity contribution in [1.82, 2.24) is 10.2 Å². The number of anilines is 1. The number of nitrogens with one attached hydrogen (secondary N) is 3. The molecule has 3 rings (SSSR count). The van der Waals surface area contributed by atoms with Crippen molar-refractivity contribution in [1.29, 1.82) is 0 Å². The highest BCUT2D eigenvalue weighted by Crippen LogP contribution is 2.18. The second-order valence-electron chi connectivity index (χ2n) is 4.84. The number of rotatable bonds is 4. The fourth-order valence-electron chi connectivity index (χ4n) is 2.32. The Morgan fingerprint density at radius 2 is 1.73 bits per heavy atom. The molecule has 0 aliphatic heterocycles. The summed E-state index contributed by atoms with van der Waals surface area (Å²) >= 11 is 0. The molecular formula is C16H15N3O3. The van der Waals surface area contributed by atoms with E-state index in [-0.39, 0.29) is 11.1 Å². The molecule has 112 valence electrons. The smallest absolute Gasteiger partial charge is 0.272 e. The molecule has 1 aromatic heterocycles. The molecule has 0 aliphatic rings. The van der Waals surface area contributed by atoms with E-state index in [0.717, 1.165) is 11.3 Å². The van der Waals surface area contributed by atoms with Crippen molar-refractivity contribution >= 4 is 16.5 Å². The molecular weight excluding hydrogens is 282 g/mol. The Labute approximate surface area is 125 Å². The zero-order chi connectivity index (χ0) is 15.5. The van der Waals surface area contributed by atoms with Crippen molar-refractivity contribution in [3.8, 4) is 5.75 Å². The lowest BCUT2D eigenvalue weighted by atomic mass is 10.1. The molecule has 0 aliphatic carbocycles. The number of aromatic amines is 2. The van der Waals surface area contributed by atoms with E-state index in [1.807, 2.05) is 24.3 Å². The molecule has 0 fully saturated rings. The van der Waals surface area contributed by atoms with Crippen LogP contribution in [0.15, 0.2) is 52.1 Å². The van der Waals surface area contributed by atoms with Gasteiger partial charge in [-0.1, -0.05) is 18.2 Å². The molecule has 0 saturated carbocycles. The third-order valence-electron chi connectivity index (χ3n) is 3.47. The van der Waals surface area contributed by atoms with Gasteiger partial charge in [0.2, 0.25) is 0 Å². The topological polar surface area (TPSA) is 87.0 Å². The third kappa shape index (κ3) is 2.58. The maximum Gasteiger partial charge on any atom is 0.272 e. The Bertz CT molecular complexity index is 910. The highest BCUT2D eigenvalue weighted by Gasteiger charge is 2.07. The highest BCUT2D eigenvalue weighted by molar-refractivity contribution is 5.92. The first-order valence-electron chi connectivity index (χ1n) is 6.79. The molecule has 0 radical (unpaired) electrons. The zero-order valence-electron chi connectivity index (χ0n) is 12.0. The predicted octanol–water partition coefficient (Wildman–Crippen LogP) is 1.84. The van der Waals surface area contributed by atoms with E-state index in [9.17, 15) is 9.59 Å². The fourth-order valence-corrected chi connectivity index (χ4v) is 2.32. The third-order valence-corrected chi connectivity index (χ3v) is 3.47. The van der Waals surface area contributed by atoms with Gasteiger partial charge in [-0.2, -0.15) is 0 Å². The summed E-state index contributed by atoms with van der Waals surface area (Å²) in [5.41, 5.74) is 1.02. The van der Waals surface area contributed by atoms with Gasteiger partial charge in [-0.15, -0.1) is 0 Å². The van der Waals surface area contributed by atoms with Gasteiger partial charge in [0.1, 0.15) is 5.75 Å². The highest BCUT2D eigenvalue weighted by atomic mass is 16.5. The van der Waals surface area contributed by atoms with Crippen LogP contribution < -0.4 is 21.2 Å². The molecule has 22 heavy (non-hydrogen) atoms. The van der Waals surface area contributed by atoms with Gasteiger partial charge < -0.3 is 10.1 Å². The van der Waals surface area contributed by atoms with Crippen LogP contribution in [0.25, 0.3) is 10.8 Å². The van der Waals surface area contributed by atoms with Crippen LogP contribution >= 0.6 is 0 Å². The summed E-state index contributed by atoms with van der Waals surface area (Å²) in [5, 5.41) is 8.59. The summed E-state index contributed by atoms with van der Waals surface area (Å²) in [6.07, 6.45) is 0. The summed E-state index contributed by atoms with van der Waals surface area (Å²) in [4.78, 5) is 23.7. The first-order chi connectivity index (χ1) is 10.7. The number of ether oxygens (including phenoxy) is 1. The second kappa shape index (κ2) is 5.77. The number of fused-ring (bicyclic) bond motifs is 1. The van der Waals surface area contributed by atoms with Gasteiger partial charge in [-0.05, 0) is 29.8 Å². The lowest BCUT2D eigenvalue weighted by Crippen LogP contribution is -2.20. The molecule has 0 spiro atoms. The average Bonchev–Trinajstić information content (AvgIpc) is 2.56. The normalized spacial score (nSPS) is 10.6. The van der Waals surface area contributed by atoms with Crippen LogP contribution in [-0.4, -0.2) is 17.3 Å². The van der Waals surface area contributed by atoms with Crippen molar-refractivity contribution in [2.24, 2.45) is 0 Å². The van der Waals surface area contributed by atoms with Crippen LogP contribution in [0, 0.1) is 0 Å². The molecule has 6 heteroatoms. The number of benzene rings is 2. The predicted molar refractivity (Wildman–Crippen MR) is 85.5 cm³/mol. The van der Waals surface area contributed by atoms with Crippen LogP contribution in [0.4, 0.5) is 5.69 Å². The quantitative estimate of drug-likeness (QED) is 0.685. The maximum atomic E-state index is 12.0. The van der Waals surface area contributed by atoms with Crippen LogP contribution in [-0.2, 0) is 6.54 Å². The summed E-state index contributed by atoms with van der Waals surface area (Å²) < 4.78 is 5.11. The number of H-pyrrole nitrogens is 2. The number of aromatic nitrogens is 2. The SMILES string of the molecule is COc1ccc(CNc2cccc3c(=O)[nH][nH]c(=O)c23)cc1. The lowest BCUT2D eigenvalue weighted by Gasteiger charge is -2.09. The Morgan fingerprint density at radius 3 is 2.45 bits per heavy atom. The molecule has 0 amide bonds. The Balaban J connectivity index is 1.92. The fraction of sp³-hybridized carbons (Fsp3) is 0.125. The van der Waals surface area contributed by atoms with E-state index in [4.69, 9.17) is 4.74 Å². The average molecular weight is 297 g/mol. The summed E-state index contributed by atoms with van der Waals surface area (Å²) in [5.74, 6) is 0.789. The van der Waals surface area contributed by atoms with Gasteiger partial charge in [0.05, 0.1) is 17.9 Å². The largest absolute Gasteiger partial charge is 0.497 e. The standard InChI is InChI=1S/C16H15N3O3/c1-22-11-7-5-10(6-8-11)9-17-13-4-2-3-12-14(13)16(21)19-18-15(12)20/h2-8,17H,9H2,1H3,(H,18,20)(H,19,21). The molecule has 2 aromatic carbocycles. The van der Waals surface area contributed by atoms with Gasteiger partial charge in [0, 0.05) is 12.2 Å². The minimum absolute atomic E-state index is 0.317. The van der Waals surface area contributed by atoms with E-state index in [1.165, 1.54) is 0 Å². The van der Waals surface area contributed by atoms with Crippen LogP contribution in [0.2, 0.25) is 0 Å². The van der Waals surface area contributed by atoms with Crippen LogP contribution in [0.1, 0.15) is 5.56 Å². The van der Waals surface area contributed by atoms with E-state index in [1.54, 1.807) is 25.3 Å². The molecule has 3 N–H and O–H groups in total. The van der Waals surface area contributed by atoms with Crippen LogP contribution in [0.3, 0.4) is 0 Å². The zero-order valence-corrected chi connectivity index (χ0v) is 12.0. The van der Waals surface area contributed by atoms with E-state index < -0.39 is 0 Å². The van der Waals surface area contributed by atoms with E-state index >= 15 is 0 Å². The number of hydrogen-bond acceptors (Lipinski definition) is 4. The first kappa shape index (κ1) is 13.9. The second-order valence-corrected chi connectivity index (χ2v) is 4.84. The summed E-state index contributed by atoms with van der Waals surface area (Å²) in [6.45, 7) is 0.537. The Morgan fingerprint density at radius 1 is 1.00 bits per heavy atom. The Kier molecular flexibility index (Phi) is 3.65. The molecule has 0 saturated heterocycles. The van der Waals surface area contributed by atoms with Gasteiger partial charge in [-0.3, -0.25) is 19.8 Å². The monoisotopic (exact) mass is 297 g/mol. The van der Waals surface area contributed by atoms with E-state index in [2.05, 4.69) is 15.5 Å². The molecule has 6 nitrogen and oxygen atoms in total. The molecule has 0 bridgehead atoms. The molecule has 3 aromatic rings. The minimum atomic E-state index is -0.326. The maximum absolute atomic E-state index is 12.0.